The van der Waals surface area contributed by atoms with Crippen LogP contribution in [0.5, 0.6) is 0 Å². The number of anilines is 1. The van der Waals surface area contributed by atoms with Crippen LogP contribution in [-0.4, -0.2) is 33.2 Å². The van der Waals surface area contributed by atoms with E-state index in [1.807, 2.05) is 30.1 Å². The van der Waals surface area contributed by atoms with Gasteiger partial charge in [-0.3, -0.25) is 0 Å². The predicted molar refractivity (Wildman–Crippen MR) is 81.4 cm³/mol. The number of rotatable bonds is 7. The summed E-state index contributed by atoms with van der Waals surface area (Å²) in [5.74, 6) is 1.96. The van der Waals surface area contributed by atoms with Crippen molar-refractivity contribution in [3.05, 3.63) is 22.8 Å². The Kier molecular flexibility index (Phi) is 5.31. The van der Waals surface area contributed by atoms with E-state index >= 15 is 0 Å². The summed E-state index contributed by atoms with van der Waals surface area (Å²) in [5, 5.41) is 7.63. The van der Waals surface area contributed by atoms with Gasteiger partial charge in [-0.15, -0.1) is 5.10 Å². The summed E-state index contributed by atoms with van der Waals surface area (Å²) in [6, 6.07) is 3.91. The lowest BCUT2D eigenvalue weighted by Crippen LogP contribution is -2.03. The molecule has 0 aliphatic heterocycles. The van der Waals surface area contributed by atoms with Gasteiger partial charge < -0.3 is 5.32 Å². The maximum Gasteiger partial charge on any atom is 0.243 e. The Labute approximate surface area is 120 Å². The van der Waals surface area contributed by atoms with Gasteiger partial charge in [-0.05, 0) is 52.9 Å². The van der Waals surface area contributed by atoms with E-state index in [0.717, 1.165) is 16.7 Å². The number of nitrogens with zero attached hydrogens (tertiary/aromatic N) is 3. The van der Waals surface area contributed by atoms with Crippen LogP contribution in [0.2, 0.25) is 0 Å². The third-order valence-corrected chi connectivity index (χ3v) is 3.77. The van der Waals surface area contributed by atoms with E-state index in [9.17, 15) is 0 Å². The fraction of sp³-hybridized carbons (Fsp3) is 0.500. The van der Waals surface area contributed by atoms with Crippen molar-refractivity contribution in [3.8, 4) is 0 Å². The summed E-state index contributed by atoms with van der Waals surface area (Å²) in [4.78, 5) is 4.40. The quantitative estimate of drug-likeness (QED) is 0.790. The maximum absolute atomic E-state index is 4.40. The Balaban J connectivity index is 1.81. The third kappa shape index (κ3) is 3.88. The molecule has 98 valence electrons. The first-order valence-electron chi connectivity index (χ1n) is 6.04. The van der Waals surface area contributed by atoms with Crippen molar-refractivity contribution in [1.29, 1.82) is 0 Å². The Morgan fingerprint density at radius 1 is 1.33 bits per heavy atom. The monoisotopic (exact) mass is 328 g/mol. The van der Waals surface area contributed by atoms with Crippen LogP contribution in [0.1, 0.15) is 19.3 Å². The molecule has 0 aliphatic carbocycles. The van der Waals surface area contributed by atoms with Crippen molar-refractivity contribution in [3.63, 3.8) is 0 Å². The average Bonchev–Trinajstić information content (AvgIpc) is 2.75. The number of fused-ring (bicyclic) bond motifs is 1. The Hall–Kier alpha value is -0.750. The van der Waals surface area contributed by atoms with Gasteiger partial charge in [0.15, 0.2) is 5.65 Å². The van der Waals surface area contributed by atoms with E-state index in [0.29, 0.717) is 5.95 Å². The lowest BCUT2D eigenvalue weighted by molar-refractivity contribution is 0.746. The summed E-state index contributed by atoms with van der Waals surface area (Å²) in [6.07, 6.45) is 7.77. The van der Waals surface area contributed by atoms with Crippen molar-refractivity contribution in [1.82, 2.24) is 14.6 Å². The Morgan fingerprint density at radius 2 is 2.22 bits per heavy atom. The van der Waals surface area contributed by atoms with Crippen LogP contribution in [0.3, 0.4) is 0 Å². The van der Waals surface area contributed by atoms with Crippen LogP contribution in [0.25, 0.3) is 5.65 Å². The van der Waals surface area contributed by atoms with Gasteiger partial charge in [0.2, 0.25) is 5.95 Å². The molecule has 4 nitrogen and oxygen atoms in total. The highest BCUT2D eigenvalue weighted by molar-refractivity contribution is 9.10. The first-order chi connectivity index (χ1) is 8.79. The molecule has 0 aromatic carbocycles. The lowest BCUT2D eigenvalue weighted by atomic mass is 10.2. The molecular formula is C12H17BrN4S. The molecule has 2 heterocycles. The first-order valence-corrected chi connectivity index (χ1v) is 8.23. The fourth-order valence-electron chi connectivity index (χ4n) is 1.68. The van der Waals surface area contributed by atoms with Gasteiger partial charge >= 0.3 is 0 Å². The molecular weight excluding hydrogens is 312 g/mol. The molecule has 2 aromatic heterocycles. The zero-order valence-electron chi connectivity index (χ0n) is 10.4. The summed E-state index contributed by atoms with van der Waals surface area (Å²) in [5.41, 5.74) is 0.864. The highest BCUT2D eigenvalue weighted by Crippen LogP contribution is 2.12. The minimum atomic E-state index is 0.706. The number of unbranched alkanes of at least 4 members (excludes halogenated alkanes) is 2. The second-order valence-corrected chi connectivity index (χ2v) is 5.97. The lowest BCUT2D eigenvalue weighted by Gasteiger charge is -2.00. The van der Waals surface area contributed by atoms with Crippen molar-refractivity contribution in [2.75, 3.05) is 23.9 Å². The summed E-state index contributed by atoms with van der Waals surface area (Å²) in [7, 11) is 0. The maximum atomic E-state index is 4.40. The van der Waals surface area contributed by atoms with E-state index < -0.39 is 0 Å². The molecule has 6 heteroatoms. The van der Waals surface area contributed by atoms with Crippen LogP contribution in [0.4, 0.5) is 5.95 Å². The molecule has 0 saturated heterocycles. The largest absolute Gasteiger partial charge is 0.353 e. The van der Waals surface area contributed by atoms with Gasteiger partial charge in [-0.25, -0.2) is 4.52 Å². The van der Waals surface area contributed by atoms with Gasteiger partial charge in [0.05, 0.1) is 0 Å². The second-order valence-electron chi connectivity index (χ2n) is 4.07. The molecule has 0 spiro atoms. The number of aromatic nitrogens is 3. The van der Waals surface area contributed by atoms with E-state index in [4.69, 9.17) is 0 Å². The number of halogens is 1. The molecule has 1 N–H and O–H groups in total. The zero-order chi connectivity index (χ0) is 12.8. The number of nitrogens with one attached hydrogen (secondary N) is 1. The molecule has 0 atom stereocenters. The van der Waals surface area contributed by atoms with E-state index in [-0.39, 0.29) is 0 Å². The number of hydrogen-bond donors (Lipinski definition) is 1. The van der Waals surface area contributed by atoms with Crippen LogP contribution in [0.15, 0.2) is 22.8 Å². The predicted octanol–water partition coefficient (Wildman–Crippen LogP) is 3.44. The standard InChI is InChI=1S/C12H17BrN4S/c1-18-8-4-2-3-7-14-12-15-11-6-5-10(13)9-17(11)16-12/h5-6,9H,2-4,7-8H2,1H3,(H,14,16). The average molecular weight is 329 g/mol. The highest BCUT2D eigenvalue weighted by Gasteiger charge is 2.02. The van der Waals surface area contributed by atoms with Crippen LogP contribution in [-0.2, 0) is 0 Å². The number of hydrogen-bond acceptors (Lipinski definition) is 4. The normalized spacial score (nSPS) is 11.0. The molecule has 0 aliphatic rings. The van der Waals surface area contributed by atoms with Gasteiger partial charge in [0, 0.05) is 17.2 Å². The first kappa shape index (κ1) is 13.7. The van der Waals surface area contributed by atoms with Crippen LogP contribution < -0.4 is 5.32 Å². The molecule has 0 radical (unpaired) electrons. The minimum absolute atomic E-state index is 0.706. The van der Waals surface area contributed by atoms with Crippen molar-refractivity contribution < 1.29 is 0 Å². The van der Waals surface area contributed by atoms with E-state index in [1.165, 1.54) is 25.0 Å². The highest BCUT2D eigenvalue weighted by atomic mass is 79.9. The number of thioether (sulfide) groups is 1. The molecule has 2 aromatic rings. The number of pyridine rings is 1. The van der Waals surface area contributed by atoms with Gasteiger partial charge in [0.25, 0.3) is 0 Å². The van der Waals surface area contributed by atoms with Gasteiger partial charge in [0.1, 0.15) is 0 Å². The molecule has 0 bridgehead atoms. The molecule has 2 rings (SSSR count). The third-order valence-electron chi connectivity index (χ3n) is 2.60. The molecule has 0 amide bonds. The summed E-state index contributed by atoms with van der Waals surface area (Å²) >= 11 is 5.33. The fourth-order valence-corrected chi connectivity index (χ4v) is 2.50. The second kappa shape index (κ2) is 6.99. The van der Waals surface area contributed by atoms with Crippen LogP contribution >= 0.6 is 27.7 Å². The molecule has 0 unspecified atom stereocenters. The van der Waals surface area contributed by atoms with E-state index in [2.05, 4.69) is 37.6 Å². The zero-order valence-corrected chi connectivity index (χ0v) is 12.8. The molecule has 0 saturated carbocycles. The smallest absolute Gasteiger partial charge is 0.243 e. The van der Waals surface area contributed by atoms with Crippen molar-refractivity contribution >= 4 is 39.3 Å². The van der Waals surface area contributed by atoms with Crippen LogP contribution in [0, 0.1) is 0 Å². The minimum Gasteiger partial charge on any atom is -0.353 e. The SMILES string of the molecule is CSCCCCCNc1nc2ccc(Br)cn2n1. The van der Waals surface area contributed by atoms with Gasteiger partial charge in [-0.1, -0.05) is 6.42 Å². The summed E-state index contributed by atoms with van der Waals surface area (Å²) < 4.78 is 2.78. The van der Waals surface area contributed by atoms with Gasteiger partial charge in [-0.2, -0.15) is 16.7 Å². The van der Waals surface area contributed by atoms with E-state index in [1.54, 1.807) is 4.52 Å². The summed E-state index contributed by atoms with van der Waals surface area (Å²) in [6.45, 7) is 0.937. The van der Waals surface area contributed by atoms with Crippen molar-refractivity contribution in [2.24, 2.45) is 0 Å². The van der Waals surface area contributed by atoms with Crippen molar-refractivity contribution in [2.45, 2.75) is 19.3 Å². The Morgan fingerprint density at radius 3 is 3.06 bits per heavy atom. The molecule has 18 heavy (non-hydrogen) atoms. The Bertz CT molecular complexity index is 500. The molecule has 0 fully saturated rings. The topological polar surface area (TPSA) is 42.2 Å².